The Balaban J connectivity index is 1.19. The van der Waals surface area contributed by atoms with E-state index in [2.05, 4.69) is 16.3 Å². The Bertz CT molecular complexity index is 1320. The number of halogens is 2. The van der Waals surface area contributed by atoms with Gasteiger partial charge in [-0.2, -0.15) is 0 Å². The topological polar surface area (TPSA) is 62.8 Å². The van der Waals surface area contributed by atoms with Crippen LogP contribution in [0.25, 0.3) is 11.0 Å². The van der Waals surface area contributed by atoms with Gasteiger partial charge in [0.2, 0.25) is 5.88 Å². The molecule has 2 aromatic heterocycles. The van der Waals surface area contributed by atoms with Gasteiger partial charge in [-0.3, -0.25) is 4.98 Å². The fraction of sp³-hybridized carbons (Fsp3) is 0.533. The van der Waals surface area contributed by atoms with Crippen molar-refractivity contribution in [2.24, 2.45) is 0 Å². The van der Waals surface area contributed by atoms with Crippen LogP contribution in [0, 0.1) is 11.6 Å². The first-order valence-electron chi connectivity index (χ1n) is 14.3. The lowest BCUT2D eigenvalue weighted by atomic mass is 10.0. The van der Waals surface area contributed by atoms with Crippen LogP contribution in [-0.2, 0) is 24.2 Å². The smallest absolute Gasteiger partial charge is 0.219 e. The lowest BCUT2D eigenvalue weighted by Crippen LogP contribution is -2.39. The van der Waals surface area contributed by atoms with Crippen molar-refractivity contribution in [2.45, 2.75) is 57.6 Å². The summed E-state index contributed by atoms with van der Waals surface area (Å²) in [7, 11) is 1.65. The normalized spacial score (nSPS) is 18.2. The zero-order chi connectivity index (χ0) is 26.8. The lowest BCUT2D eigenvalue weighted by Gasteiger charge is -2.35. The number of methoxy groups -OCH3 is 1. The molecule has 3 aliphatic rings. The minimum Gasteiger partial charge on any atom is -0.481 e. The molecule has 2 aliphatic heterocycles. The highest BCUT2D eigenvalue weighted by atomic mass is 19.2. The molecule has 4 heterocycles. The van der Waals surface area contributed by atoms with Crippen LogP contribution in [0.15, 0.2) is 24.3 Å². The summed E-state index contributed by atoms with van der Waals surface area (Å²) in [4.78, 5) is 14.3. The quantitative estimate of drug-likeness (QED) is 0.381. The van der Waals surface area contributed by atoms with Gasteiger partial charge in [-0.15, -0.1) is 0 Å². The number of pyridine rings is 2. The predicted octanol–water partition coefficient (Wildman–Crippen LogP) is 5.10. The van der Waals surface area contributed by atoms with Crippen molar-refractivity contribution in [1.29, 1.82) is 0 Å². The summed E-state index contributed by atoms with van der Waals surface area (Å²) in [5, 5.41) is 3.79. The maximum Gasteiger partial charge on any atom is 0.219 e. The van der Waals surface area contributed by atoms with Crippen LogP contribution in [0.3, 0.4) is 0 Å². The molecule has 0 unspecified atom stereocenters. The Hall–Kier alpha value is -3.04. The van der Waals surface area contributed by atoms with Gasteiger partial charge in [-0.1, -0.05) is 6.07 Å². The van der Waals surface area contributed by atoms with Crippen LogP contribution in [0.2, 0.25) is 0 Å². The third-order valence-electron chi connectivity index (χ3n) is 8.34. The summed E-state index contributed by atoms with van der Waals surface area (Å²) in [6, 6.07) is 6.65. The van der Waals surface area contributed by atoms with Gasteiger partial charge in [0.25, 0.3) is 0 Å². The number of benzene rings is 1. The third-order valence-corrected chi connectivity index (χ3v) is 8.34. The minimum absolute atomic E-state index is 0.203. The minimum atomic E-state index is -0.803. The average molecular weight is 538 g/mol. The number of anilines is 2. The number of ether oxygens (including phenoxy) is 2. The van der Waals surface area contributed by atoms with E-state index < -0.39 is 11.6 Å². The van der Waals surface area contributed by atoms with E-state index in [-0.39, 0.29) is 6.04 Å². The summed E-state index contributed by atoms with van der Waals surface area (Å²) in [5.41, 5.74) is 6.35. The highest BCUT2D eigenvalue weighted by molar-refractivity contribution is 5.91. The molecular weight excluding hydrogens is 500 g/mol. The first-order valence-corrected chi connectivity index (χ1v) is 14.3. The fourth-order valence-electron chi connectivity index (χ4n) is 6.23. The summed E-state index contributed by atoms with van der Waals surface area (Å²) >= 11 is 0. The fourth-order valence-corrected chi connectivity index (χ4v) is 6.23. The number of fused-ring (bicyclic) bond motifs is 2. The van der Waals surface area contributed by atoms with E-state index in [1.165, 1.54) is 18.4 Å². The van der Waals surface area contributed by atoms with Crippen molar-refractivity contribution in [3.8, 4) is 5.88 Å². The van der Waals surface area contributed by atoms with Crippen LogP contribution >= 0.6 is 0 Å². The van der Waals surface area contributed by atoms with Crippen LogP contribution < -0.4 is 15.0 Å². The molecule has 9 heteroatoms. The summed E-state index contributed by atoms with van der Waals surface area (Å²) in [6.45, 7) is 5.71. The number of likely N-dealkylation sites (tertiary alicyclic amines) is 1. The zero-order valence-corrected chi connectivity index (χ0v) is 22.6. The largest absolute Gasteiger partial charge is 0.481 e. The monoisotopic (exact) mass is 537 g/mol. The van der Waals surface area contributed by atoms with E-state index in [1.807, 2.05) is 4.90 Å². The molecule has 0 bridgehead atoms. The Morgan fingerprint density at radius 2 is 1.85 bits per heavy atom. The first kappa shape index (κ1) is 26.2. The second-order valence-electron chi connectivity index (χ2n) is 10.9. The molecule has 0 saturated carbocycles. The first-order chi connectivity index (χ1) is 19.1. The van der Waals surface area contributed by atoms with Crippen molar-refractivity contribution < 1.29 is 18.3 Å². The van der Waals surface area contributed by atoms with Crippen molar-refractivity contribution in [2.75, 3.05) is 56.7 Å². The van der Waals surface area contributed by atoms with Gasteiger partial charge >= 0.3 is 0 Å². The number of nitrogens with zero attached hydrogens (tertiary/aromatic N) is 4. The van der Waals surface area contributed by atoms with Gasteiger partial charge in [0.15, 0.2) is 11.6 Å². The van der Waals surface area contributed by atoms with Gasteiger partial charge < -0.3 is 24.6 Å². The van der Waals surface area contributed by atoms with Crippen molar-refractivity contribution in [3.05, 3.63) is 52.7 Å². The molecule has 39 heavy (non-hydrogen) atoms. The molecule has 1 N–H and O–H groups in total. The molecule has 1 aromatic carbocycles. The lowest BCUT2D eigenvalue weighted by molar-refractivity contribution is 0.0975. The Morgan fingerprint density at radius 3 is 2.64 bits per heavy atom. The van der Waals surface area contributed by atoms with Gasteiger partial charge in [-0.05, 0) is 81.8 Å². The third kappa shape index (κ3) is 5.52. The number of hydrogen-bond acceptors (Lipinski definition) is 7. The van der Waals surface area contributed by atoms with Crippen LogP contribution in [0.5, 0.6) is 5.88 Å². The summed E-state index contributed by atoms with van der Waals surface area (Å²) in [5.74, 6) is -1.00. The molecule has 0 radical (unpaired) electrons. The Kier molecular flexibility index (Phi) is 7.79. The number of piperidine rings is 1. The van der Waals surface area contributed by atoms with E-state index in [9.17, 15) is 8.78 Å². The molecule has 6 rings (SSSR count). The zero-order valence-electron chi connectivity index (χ0n) is 22.6. The average Bonchev–Trinajstić information content (AvgIpc) is 3.65. The van der Waals surface area contributed by atoms with E-state index >= 15 is 0 Å². The van der Waals surface area contributed by atoms with E-state index in [0.717, 1.165) is 85.8 Å². The molecule has 7 nitrogen and oxygen atoms in total. The molecular formula is C30H37F2N5O2. The second kappa shape index (κ2) is 11.6. The van der Waals surface area contributed by atoms with Gasteiger partial charge in [0.1, 0.15) is 5.52 Å². The molecule has 1 aliphatic carbocycles. The number of rotatable bonds is 9. The van der Waals surface area contributed by atoms with Gasteiger partial charge in [-0.25, -0.2) is 13.8 Å². The molecule has 0 spiro atoms. The number of aryl methyl sites for hydroxylation is 1. The molecule has 3 aromatic rings. The van der Waals surface area contributed by atoms with Crippen LogP contribution in [-0.4, -0.2) is 67.4 Å². The van der Waals surface area contributed by atoms with E-state index in [4.69, 9.17) is 19.4 Å². The summed E-state index contributed by atoms with van der Waals surface area (Å²) in [6.07, 6.45) is 7.20. The standard InChI is InChI=1S/C30H37F2N5O2/c1-38-30-20(19-39-17-16-36-12-2-3-13-36)18-25-29(35-30)28(22-6-4-8-24(22)34-25)33-21-10-14-37(15-11-21)26-9-5-7-23(31)27(26)32/h5,7,9,18,21H,2-4,6,8,10-17,19H2,1H3,(H,33,34). The van der Waals surface area contributed by atoms with Gasteiger partial charge in [0, 0.05) is 36.9 Å². The van der Waals surface area contributed by atoms with E-state index in [0.29, 0.717) is 37.9 Å². The SMILES string of the molecule is COc1nc2c(NC3CCN(c4cccc(F)c4F)CC3)c3c(nc2cc1COCCN1CCCC1)CCC3. The Morgan fingerprint density at radius 1 is 1.03 bits per heavy atom. The second-order valence-corrected chi connectivity index (χ2v) is 10.9. The molecule has 2 fully saturated rings. The maximum atomic E-state index is 14.4. The van der Waals surface area contributed by atoms with Crippen molar-refractivity contribution >= 4 is 22.4 Å². The van der Waals surface area contributed by atoms with Crippen LogP contribution in [0.1, 0.15) is 48.9 Å². The van der Waals surface area contributed by atoms with Crippen LogP contribution in [0.4, 0.5) is 20.2 Å². The molecule has 2 saturated heterocycles. The Labute approximate surface area is 228 Å². The van der Waals surface area contributed by atoms with Crippen molar-refractivity contribution in [3.63, 3.8) is 0 Å². The molecule has 0 amide bonds. The highest BCUT2D eigenvalue weighted by Crippen LogP contribution is 2.37. The summed E-state index contributed by atoms with van der Waals surface area (Å²) < 4.78 is 39.8. The maximum absolute atomic E-state index is 14.4. The number of hydrogen-bond donors (Lipinski definition) is 1. The molecule has 0 atom stereocenters. The molecule has 208 valence electrons. The number of aromatic nitrogens is 2. The van der Waals surface area contributed by atoms with Gasteiger partial charge in [0.05, 0.1) is 37.2 Å². The highest BCUT2D eigenvalue weighted by Gasteiger charge is 2.27. The van der Waals surface area contributed by atoms with E-state index in [1.54, 1.807) is 19.2 Å². The van der Waals surface area contributed by atoms with Crippen molar-refractivity contribution in [1.82, 2.24) is 14.9 Å². The number of nitrogens with one attached hydrogen (secondary N) is 1. The predicted molar refractivity (Wildman–Crippen MR) is 149 cm³/mol.